The summed E-state index contributed by atoms with van der Waals surface area (Å²) in [5.74, 6) is 0.731. The molecule has 1 aromatic carbocycles. The summed E-state index contributed by atoms with van der Waals surface area (Å²) in [4.78, 5) is 26.9. The van der Waals surface area contributed by atoms with Crippen molar-refractivity contribution in [2.75, 3.05) is 13.2 Å². The Kier molecular flexibility index (Phi) is 4.65. The number of tetrazole rings is 1. The number of carbonyl (C=O) groups is 2. The molecule has 1 aromatic heterocycles. The first-order chi connectivity index (χ1) is 15.9. The van der Waals surface area contributed by atoms with E-state index in [1.54, 1.807) is 6.92 Å². The average molecular weight is 449 g/mol. The van der Waals surface area contributed by atoms with Crippen molar-refractivity contribution in [2.45, 2.75) is 65.1 Å². The molecule has 33 heavy (non-hydrogen) atoms. The van der Waals surface area contributed by atoms with Gasteiger partial charge in [-0.1, -0.05) is 6.07 Å². The molecule has 1 spiro atoms. The van der Waals surface area contributed by atoms with Crippen molar-refractivity contribution >= 4 is 11.9 Å². The van der Waals surface area contributed by atoms with E-state index in [1.165, 1.54) is 16.7 Å². The topological polar surface area (TPSA) is 102 Å². The molecule has 0 unspecified atom stereocenters. The highest BCUT2D eigenvalue weighted by Crippen LogP contribution is 2.46. The number of nitrogens with zero attached hydrogens (tertiary/aromatic N) is 5. The summed E-state index contributed by atoms with van der Waals surface area (Å²) < 4.78 is 6.97. The van der Waals surface area contributed by atoms with Crippen LogP contribution in [0.1, 0.15) is 55.7 Å². The van der Waals surface area contributed by atoms with Crippen LogP contribution < -0.4 is 5.32 Å². The molecular formula is C24H28N6O3. The van der Waals surface area contributed by atoms with Gasteiger partial charge in [-0.25, -0.2) is 9.48 Å². The van der Waals surface area contributed by atoms with Crippen LogP contribution in [-0.2, 0) is 27.4 Å². The molecule has 1 saturated heterocycles. The van der Waals surface area contributed by atoms with Crippen molar-refractivity contribution in [1.29, 1.82) is 0 Å². The first-order valence-electron chi connectivity index (χ1n) is 11.8. The van der Waals surface area contributed by atoms with E-state index in [-0.39, 0.29) is 23.9 Å². The first-order valence-corrected chi connectivity index (χ1v) is 11.8. The molecular weight excluding hydrogens is 420 g/mol. The van der Waals surface area contributed by atoms with Gasteiger partial charge in [0.15, 0.2) is 5.82 Å². The number of ether oxygens (including phenoxy) is 1. The lowest BCUT2D eigenvalue weighted by molar-refractivity contribution is -0.138. The predicted octanol–water partition coefficient (Wildman–Crippen LogP) is 2.09. The van der Waals surface area contributed by atoms with Gasteiger partial charge in [-0.2, -0.15) is 0 Å². The Balaban J connectivity index is 1.08. The Morgan fingerprint density at radius 3 is 2.76 bits per heavy atom. The van der Waals surface area contributed by atoms with Crippen molar-refractivity contribution in [3.05, 3.63) is 40.1 Å². The Morgan fingerprint density at radius 2 is 2.00 bits per heavy atom. The van der Waals surface area contributed by atoms with Crippen LogP contribution in [0.4, 0.5) is 0 Å². The maximum absolute atomic E-state index is 13.3. The van der Waals surface area contributed by atoms with E-state index in [9.17, 15) is 9.59 Å². The van der Waals surface area contributed by atoms with Gasteiger partial charge >= 0.3 is 5.97 Å². The van der Waals surface area contributed by atoms with Crippen LogP contribution >= 0.6 is 0 Å². The minimum absolute atomic E-state index is 0.184. The second kappa shape index (κ2) is 7.48. The maximum Gasteiger partial charge on any atom is 0.336 e. The largest absolute Gasteiger partial charge is 0.456 e. The fraction of sp³-hybridized carbons (Fsp3) is 0.542. The van der Waals surface area contributed by atoms with Gasteiger partial charge in [0.2, 0.25) is 5.91 Å². The molecule has 6 rings (SSSR count). The Bertz CT molecular complexity index is 1190. The van der Waals surface area contributed by atoms with Crippen molar-refractivity contribution in [1.82, 2.24) is 30.4 Å². The molecule has 1 N–H and O–H groups in total. The van der Waals surface area contributed by atoms with E-state index >= 15 is 0 Å². The zero-order valence-corrected chi connectivity index (χ0v) is 19.1. The quantitative estimate of drug-likeness (QED) is 0.610. The lowest BCUT2D eigenvalue weighted by Gasteiger charge is -2.36. The van der Waals surface area contributed by atoms with Crippen molar-refractivity contribution in [3.8, 4) is 11.4 Å². The number of benzene rings is 1. The number of carbonyl (C=O) groups excluding carboxylic acids is 2. The van der Waals surface area contributed by atoms with Crippen LogP contribution in [-0.4, -0.2) is 56.2 Å². The van der Waals surface area contributed by atoms with Crippen LogP contribution in [0.25, 0.3) is 11.4 Å². The number of aryl methyl sites for hydroxylation is 1. The van der Waals surface area contributed by atoms with Crippen LogP contribution in [0.3, 0.4) is 0 Å². The summed E-state index contributed by atoms with van der Waals surface area (Å²) in [5.41, 5.74) is 5.98. The number of hydrogen-bond acceptors (Lipinski definition) is 7. The monoisotopic (exact) mass is 448 g/mol. The third-order valence-corrected chi connectivity index (χ3v) is 8.10. The van der Waals surface area contributed by atoms with E-state index in [0.717, 1.165) is 62.3 Å². The van der Waals surface area contributed by atoms with Gasteiger partial charge in [0.05, 0.1) is 23.2 Å². The standard InChI is InChI=1S/C24H28N6O3/c1-14-9-19-17(12-30-21(19)26-27-28-30)10-16(14)11-25-18-3-5-24(6-4-18)7-8-29(23(24)32)20-13-33-22(31)15(20)2/h9-10,18,25H,3-8,11-13H2,1-2H3. The third-order valence-electron chi connectivity index (χ3n) is 8.10. The number of rotatable bonds is 4. The number of likely N-dealkylation sites (tertiary alicyclic amines) is 1. The molecule has 0 radical (unpaired) electrons. The van der Waals surface area contributed by atoms with Gasteiger partial charge in [-0.3, -0.25) is 4.79 Å². The highest BCUT2D eigenvalue weighted by atomic mass is 16.5. The van der Waals surface area contributed by atoms with Crippen LogP contribution in [0.2, 0.25) is 0 Å². The van der Waals surface area contributed by atoms with E-state index in [0.29, 0.717) is 18.2 Å². The summed E-state index contributed by atoms with van der Waals surface area (Å²) in [5, 5.41) is 15.7. The summed E-state index contributed by atoms with van der Waals surface area (Å²) in [6.07, 6.45) is 4.63. The molecule has 1 amide bonds. The molecule has 0 bridgehead atoms. The lowest BCUT2D eigenvalue weighted by Crippen LogP contribution is -2.42. The fourth-order valence-electron chi connectivity index (χ4n) is 5.92. The number of nitrogens with one attached hydrogen (secondary N) is 1. The van der Waals surface area contributed by atoms with Crippen molar-refractivity contribution in [3.63, 3.8) is 0 Å². The number of cyclic esters (lactones) is 1. The molecule has 1 aliphatic carbocycles. The molecule has 2 aromatic rings. The Morgan fingerprint density at radius 1 is 1.18 bits per heavy atom. The van der Waals surface area contributed by atoms with Crippen LogP contribution in [0.15, 0.2) is 23.4 Å². The number of esters is 1. The number of fused-ring (bicyclic) bond motifs is 3. The molecule has 9 heteroatoms. The first kappa shape index (κ1) is 20.5. The minimum atomic E-state index is -0.300. The summed E-state index contributed by atoms with van der Waals surface area (Å²) in [6, 6.07) is 4.86. The lowest BCUT2D eigenvalue weighted by atomic mass is 9.71. The third kappa shape index (κ3) is 3.20. The molecule has 4 aliphatic rings. The number of hydrogen-bond donors (Lipinski definition) is 1. The molecule has 1 saturated carbocycles. The highest BCUT2D eigenvalue weighted by molar-refractivity contribution is 5.94. The minimum Gasteiger partial charge on any atom is -0.456 e. The summed E-state index contributed by atoms with van der Waals surface area (Å²) >= 11 is 0. The second-order valence-electron chi connectivity index (χ2n) is 9.89. The zero-order valence-electron chi connectivity index (χ0n) is 19.1. The fourth-order valence-corrected chi connectivity index (χ4v) is 5.92. The Hall–Kier alpha value is -3.07. The van der Waals surface area contributed by atoms with Crippen LogP contribution in [0.5, 0.6) is 0 Å². The molecule has 172 valence electrons. The predicted molar refractivity (Wildman–Crippen MR) is 119 cm³/mol. The number of amides is 1. The SMILES string of the molecule is CC1=C(N2CCC3(CCC(NCc4cc5c(cc4C)-c4nnnn4C5)CC3)C2=O)COC1=O. The second-order valence-corrected chi connectivity index (χ2v) is 9.89. The van der Waals surface area contributed by atoms with E-state index < -0.39 is 0 Å². The average Bonchev–Trinajstić information content (AvgIpc) is 3.55. The van der Waals surface area contributed by atoms with Gasteiger partial charge in [0, 0.05) is 24.7 Å². The normalized spacial score (nSPS) is 26.4. The van der Waals surface area contributed by atoms with Crippen molar-refractivity contribution < 1.29 is 14.3 Å². The van der Waals surface area contributed by atoms with Gasteiger partial charge in [0.1, 0.15) is 6.61 Å². The van der Waals surface area contributed by atoms with E-state index in [4.69, 9.17) is 4.74 Å². The van der Waals surface area contributed by atoms with Crippen molar-refractivity contribution in [2.24, 2.45) is 5.41 Å². The maximum atomic E-state index is 13.3. The Labute approximate surface area is 192 Å². The van der Waals surface area contributed by atoms with Gasteiger partial charge < -0.3 is 15.0 Å². The molecule has 0 atom stereocenters. The molecule has 9 nitrogen and oxygen atoms in total. The smallest absolute Gasteiger partial charge is 0.336 e. The summed E-state index contributed by atoms with van der Waals surface area (Å²) in [6.45, 7) is 6.35. The van der Waals surface area contributed by atoms with Gasteiger partial charge in [-0.05, 0) is 79.1 Å². The van der Waals surface area contributed by atoms with E-state index in [1.807, 2.05) is 9.58 Å². The highest BCUT2D eigenvalue weighted by Gasteiger charge is 2.50. The number of aromatic nitrogens is 4. The molecule has 2 fully saturated rings. The van der Waals surface area contributed by atoms with E-state index in [2.05, 4.69) is 39.9 Å². The van der Waals surface area contributed by atoms with Gasteiger partial charge in [0.25, 0.3) is 0 Å². The zero-order chi connectivity index (χ0) is 22.7. The summed E-state index contributed by atoms with van der Waals surface area (Å²) in [7, 11) is 0. The molecule has 3 aliphatic heterocycles. The molecule has 4 heterocycles. The van der Waals surface area contributed by atoms with Crippen LogP contribution in [0, 0.1) is 12.3 Å². The van der Waals surface area contributed by atoms with Gasteiger partial charge in [-0.15, -0.1) is 5.10 Å².